The Bertz CT molecular complexity index is 1610. The van der Waals surface area contributed by atoms with E-state index in [0.29, 0.717) is 27.6 Å². The van der Waals surface area contributed by atoms with Crippen molar-refractivity contribution in [2.24, 2.45) is 4.99 Å². The van der Waals surface area contributed by atoms with Gasteiger partial charge in [0.05, 0.1) is 40.6 Å². The van der Waals surface area contributed by atoms with E-state index in [1.165, 1.54) is 43.1 Å². The van der Waals surface area contributed by atoms with E-state index in [4.69, 9.17) is 30.5 Å². The van der Waals surface area contributed by atoms with Gasteiger partial charge in [-0.3, -0.25) is 9.36 Å². The number of ether oxygens (including phenoxy) is 4. The normalized spacial score (nSPS) is 15.0. The van der Waals surface area contributed by atoms with Crippen molar-refractivity contribution < 1.29 is 28.1 Å². The maximum absolute atomic E-state index is 14.5. The number of carbonyl (C=O) groups excluding carboxylic acids is 1. The second kappa shape index (κ2) is 12.4. The zero-order valence-corrected chi connectivity index (χ0v) is 23.1. The number of carbonyl (C=O) groups is 1. The van der Waals surface area contributed by atoms with E-state index in [2.05, 4.69) is 11.6 Å². The molecule has 0 saturated heterocycles. The Morgan fingerprint density at radius 3 is 2.72 bits per heavy atom. The van der Waals surface area contributed by atoms with Crippen LogP contribution in [0.5, 0.6) is 11.5 Å². The minimum absolute atomic E-state index is 0.0205. The summed E-state index contributed by atoms with van der Waals surface area (Å²) in [6.45, 7) is 5.81. The van der Waals surface area contributed by atoms with E-state index in [1.807, 2.05) is 0 Å². The SMILES string of the molecule is C=CCOc1ccc(C2C(C(=O)OCCOC)=C(C)N=c3s/c(=C\c4c(F)cccc4Cl)c(=O)n32)cc1OC. The van der Waals surface area contributed by atoms with Crippen molar-refractivity contribution >= 4 is 35.0 Å². The summed E-state index contributed by atoms with van der Waals surface area (Å²) in [4.78, 5) is 31.9. The smallest absolute Gasteiger partial charge is 0.338 e. The molecule has 0 spiro atoms. The van der Waals surface area contributed by atoms with Crippen LogP contribution in [0.15, 0.2) is 70.1 Å². The molecule has 0 N–H and O–H groups in total. The van der Waals surface area contributed by atoms with Crippen molar-refractivity contribution in [3.05, 3.63) is 102 Å². The maximum atomic E-state index is 14.5. The highest BCUT2D eigenvalue weighted by molar-refractivity contribution is 7.07. The number of esters is 1. The van der Waals surface area contributed by atoms with E-state index in [9.17, 15) is 14.0 Å². The average Bonchev–Trinajstić information content (AvgIpc) is 3.22. The number of halogens is 2. The molecule has 1 atom stereocenters. The highest BCUT2D eigenvalue weighted by Crippen LogP contribution is 2.36. The topological polar surface area (TPSA) is 88.4 Å². The Labute approximate surface area is 232 Å². The number of hydrogen-bond donors (Lipinski definition) is 0. The molecule has 1 aliphatic rings. The van der Waals surface area contributed by atoms with Crippen LogP contribution in [0.1, 0.15) is 24.1 Å². The summed E-state index contributed by atoms with van der Waals surface area (Å²) >= 11 is 7.27. The van der Waals surface area contributed by atoms with Gasteiger partial charge in [-0.15, -0.1) is 0 Å². The Morgan fingerprint density at radius 1 is 1.23 bits per heavy atom. The first kappa shape index (κ1) is 28.3. The lowest BCUT2D eigenvalue weighted by Crippen LogP contribution is -2.40. The molecule has 1 aromatic heterocycles. The third-order valence-electron chi connectivity index (χ3n) is 5.90. The summed E-state index contributed by atoms with van der Waals surface area (Å²) in [6.07, 6.45) is 2.99. The Hall–Kier alpha value is -3.73. The Balaban J connectivity index is 1.93. The number of allylic oxidation sites excluding steroid dienone is 1. The number of rotatable bonds is 10. The summed E-state index contributed by atoms with van der Waals surface area (Å²) in [6, 6.07) is 8.49. The van der Waals surface area contributed by atoms with Crippen LogP contribution in [0, 0.1) is 5.82 Å². The molecular weight excluding hydrogens is 547 g/mol. The molecule has 2 aromatic carbocycles. The molecule has 8 nitrogen and oxygen atoms in total. The summed E-state index contributed by atoms with van der Waals surface area (Å²) in [5.41, 5.74) is 0.730. The van der Waals surface area contributed by atoms with Gasteiger partial charge in [0.15, 0.2) is 16.3 Å². The zero-order chi connectivity index (χ0) is 28.1. The number of methoxy groups -OCH3 is 2. The molecule has 0 aliphatic carbocycles. The lowest BCUT2D eigenvalue weighted by atomic mass is 9.95. The number of fused-ring (bicyclic) bond motifs is 1. The van der Waals surface area contributed by atoms with Crippen LogP contribution in [-0.2, 0) is 14.3 Å². The summed E-state index contributed by atoms with van der Waals surface area (Å²) in [5, 5.41) is 0.163. The van der Waals surface area contributed by atoms with Crippen molar-refractivity contribution in [2.45, 2.75) is 13.0 Å². The van der Waals surface area contributed by atoms with Gasteiger partial charge < -0.3 is 18.9 Å². The molecule has 1 aliphatic heterocycles. The highest BCUT2D eigenvalue weighted by Gasteiger charge is 2.34. The predicted octanol–water partition coefficient (Wildman–Crippen LogP) is 3.79. The van der Waals surface area contributed by atoms with Gasteiger partial charge in [-0.1, -0.05) is 47.7 Å². The molecular formula is C28H26ClFN2O6S. The van der Waals surface area contributed by atoms with Gasteiger partial charge in [0.25, 0.3) is 5.56 Å². The molecule has 11 heteroatoms. The summed E-state index contributed by atoms with van der Waals surface area (Å²) in [7, 11) is 2.99. The van der Waals surface area contributed by atoms with Crippen molar-refractivity contribution in [2.75, 3.05) is 34.0 Å². The Kier molecular flexibility index (Phi) is 9.01. The van der Waals surface area contributed by atoms with Crippen LogP contribution in [0.3, 0.4) is 0 Å². The number of benzene rings is 2. The molecule has 0 saturated carbocycles. The Morgan fingerprint density at radius 2 is 2.03 bits per heavy atom. The van der Waals surface area contributed by atoms with Gasteiger partial charge in [-0.2, -0.15) is 0 Å². The monoisotopic (exact) mass is 572 g/mol. The molecule has 0 fully saturated rings. The minimum Gasteiger partial charge on any atom is -0.493 e. The quantitative estimate of drug-likeness (QED) is 0.209. The van der Waals surface area contributed by atoms with Crippen molar-refractivity contribution in [3.8, 4) is 11.5 Å². The molecule has 1 unspecified atom stereocenters. The third kappa shape index (κ3) is 5.83. The van der Waals surface area contributed by atoms with Gasteiger partial charge >= 0.3 is 5.97 Å². The standard InChI is InChI=1S/C28H26ClFN2O6S/c1-5-11-37-21-10-9-17(14-22(21)36-4)25-24(27(34)38-13-12-35-3)16(2)31-28-32(25)26(33)23(39-28)15-18-19(29)7-6-8-20(18)30/h5-10,14-15,25H,1,11-13H2,2-4H3/b23-15-. The number of thiazole rings is 1. The molecule has 0 amide bonds. The van der Waals surface area contributed by atoms with E-state index in [0.717, 1.165) is 11.3 Å². The first-order chi connectivity index (χ1) is 18.8. The van der Waals surface area contributed by atoms with Crippen molar-refractivity contribution in [1.82, 2.24) is 4.57 Å². The molecule has 3 aromatic rings. The van der Waals surface area contributed by atoms with Crippen LogP contribution in [0.4, 0.5) is 4.39 Å². The zero-order valence-electron chi connectivity index (χ0n) is 21.5. The first-order valence-corrected chi connectivity index (χ1v) is 13.0. The second-order valence-electron chi connectivity index (χ2n) is 8.36. The van der Waals surface area contributed by atoms with Gasteiger partial charge in [0, 0.05) is 12.7 Å². The van der Waals surface area contributed by atoms with E-state index in [-0.39, 0.29) is 40.5 Å². The molecule has 0 radical (unpaired) electrons. The van der Waals surface area contributed by atoms with Crippen LogP contribution < -0.4 is 24.4 Å². The summed E-state index contributed by atoms with van der Waals surface area (Å²) in [5.74, 6) is -0.344. The lowest BCUT2D eigenvalue weighted by molar-refractivity contribution is -0.140. The number of hydrogen-bond acceptors (Lipinski definition) is 8. The molecule has 2 heterocycles. The fourth-order valence-electron chi connectivity index (χ4n) is 4.10. The summed E-state index contributed by atoms with van der Waals surface area (Å²) < 4.78 is 37.7. The molecule has 39 heavy (non-hydrogen) atoms. The largest absolute Gasteiger partial charge is 0.493 e. The second-order valence-corrected chi connectivity index (χ2v) is 9.77. The number of nitrogens with zero attached hydrogens (tertiary/aromatic N) is 2. The fraction of sp³-hybridized carbons (Fsp3) is 0.250. The van der Waals surface area contributed by atoms with E-state index < -0.39 is 23.4 Å². The number of aromatic nitrogens is 1. The van der Waals surface area contributed by atoms with Crippen LogP contribution in [0.2, 0.25) is 5.02 Å². The van der Waals surface area contributed by atoms with Gasteiger partial charge in [0.2, 0.25) is 0 Å². The van der Waals surface area contributed by atoms with Gasteiger partial charge in [-0.25, -0.2) is 14.2 Å². The lowest BCUT2D eigenvalue weighted by Gasteiger charge is -2.25. The van der Waals surface area contributed by atoms with Crippen LogP contribution in [-0.4, -0.2) is 44.6 Å². The minimum atomic E-state index is -0.906. The van der Waals surface area contributed by atoms with Crippen molar-refractivity contribution in [3.63, 3.8) is 0 Å². The molecule has 0 bridgehead atoms. The predicted molar refractivity (Wildman–Crippen MR) is 147 cm³/mol. The van der Waals surface area contributed by atoms with E-state index >= 15 is 0 Å². The van der Waals surface area contributed by atoms with Crippen LogP contribution >= 0.6 is 22.9 Å². The third-order valence-corrected chi connectivity index (χ3v) is 7.21. The van der Waals surface area contributed by atoms with E-state index in [1.54, 1.807) is 31.2 Å². The van der Waals surface area contributed by atoms with Gasteiger partial charge in [-0.05, 0) is 42.8 Å². The fourth-order valence-corrected chi connectivity index (χ4v) is 5.34. The van der Waals surface area contributed by atoms with Crippen LogP contribution in [0.25, 0.3) is 6.08 Å². The first-order valence-electron chi connectivity index (χ1n) is 11.8. The van der Waals surface area contributed by atoms with Crippen molar-refractivity contribution in [1.29, 1.82) is 0 Å². The molecule has 204 valence electrons. The van der Waals surface area contributed by atoms with Gasteiger partial charge in [0.1, 0.15) is 19.0 Å². The maximum Gasteiger partial charge on any atom is 0.338 e. The molecule has 4 rings (SSSR count). The average molecular weight is 573 g/mol. The highest BCUT2D eigenvalue weighted by atomic mass is 35.5.